The van der Waals surface area contributed by atoms with Gasteiger partial charge in [0.1, 0.15) is 0 Å². The van der Waals surface area contributed by atoms with Crippen LogP contribution >= 0.6 is 0 Å². The molecule has 4 heteroatoms. The van der Waals surface area contributed by atoms with Crippen LogP contribution in [-0.4, -0.2) is 43.0 Å². The average Bonchev–Trinajstić information content (AvgIpc) is 2.45. The number of aliphatic imine (C=N–C) groups is 1. The number of nitrogens with zero attached hydrogens (tertiary/aromatic N) is 3. The van der Waals surface area contributed by atoms with Gasteiger partial charge in [0, 0.05) is 45.5 Å². The molecule has 0 aliphatic carbocycles. The van der Waals surface area contributed by atoms with Crippen molar-refractivity contribution >= 4 is 5.96 Å². The van der Waals surface area contributed by atoms with Gasteiger partial charge in [-0.25, -0.2) is 0 Å². The van der Waals surface area contributed by atoms with E-state index < -0.39 is 0 Å². The molecule has 0 radical (unpaired) electrons. The van der Waals surface area contributed by atoms with Crippen molar-refractivity contribution in [3.63, 3.8) is 0 Å². The van der Waals surface area contributed by atoms with Crippen LogP contribution in [-0.2, 0) is 6.42 Å². The van der Waals surface area contributed by atoms with E-state index in [4.69, 9.17) is 0 Å². The summed E-state index contributed by atoms with van der Waals surface area (Å²) in [4.78, 5) is 10.7. The first-order valence-corrected chi connectivity index (χ1v) is 6.70. The molecule has 19 heavy (non-hydrogen) atoms. The van der Waals surface area contributed by atoms with Crippen LogP contribution < -0.4 is 5.32 Å². The number of hydrogen-bond donors (Lipinski definition) is 1. The Morgan fingerprint density at radius 3 is 3.00 bits per heavy atom. The topological polar surface area (TPSA) is 40.5 Å². The Morgan fingerprint density at radius 2 is 2.37 bits per heavy atom. The van der Waals surface area contributed by atoms with Gasteiger partial charge >= 0.3 is 0 Å². The largest absolute Gasteiger partial charge is 0.356 e. The highest BCUT2D eigenvalue weighted by molar-refractivity contribution is 5.79. The van der Waals surface area contributed by atoms with Crippen LogP contribution in [0.4, 0.5) is 0 Å². The van der Waals surface area contributed by atoms with Crippen molar-refractivity contribution in [3.8, 4) is 0 Å². The van der Waals surface area contributed by atoms with E-state index in [0.29, 0.717) is 0 Å². The van der Waals surface area contributed by atoms with Crippen molar-refractivity contribution in [2.75, 3.05) is 27.2 Å². The maximum absolute atomic E-state index is 4.30. The van der Waals surface area contributed by atoms with Crippen molar-refractivity contribution in [3.05, 3.63) is 42.7 Å². The second kappa shape index (κ2) is 9.14. The van der Waals surface area contributed by atoms with E-state index in [0.717, 1.165) is 44.0 Å². The normalized spacial score (nSPS) is 11.2. The van der Waals surface area contributed by atoms with Gasteiger partial charge < -0.3 is 10.2 Å². The van der Waals surface area contributed by atoms with Crippen molar-refractivity contribution in [2.45, 2.75) is 19.3 Å². The van der Waals surface area contributed by atoms with Crippen LogP contribution in [0.5, 0.6) is 0 Å². The molecule has 104 valence electrons. The van der Waals surface area contributed by atoms with Crippen LogP contribution in [0.3, 0.4) is 0 Å². The molecule has 1 aromatic heterocycles. The monoisotopic (exact) mass is 260 g/mol. The molecule has 0 saturated heterocycles. The maximum Gasteiger partial charge on any atom is 0.193 e. The summed E-state index contributed by atoms with van der Waals surface area (Å²) in [5, 5.41) is 3.35. The predicted octanol–water partition coefficient (Wildman–Crippen LogP) is 2.10. The van der Waals surface area contributed by atoms with Crippen molar-refractivity contribution < 1.29 is 0 Å². The first kappa shape index (κ1) is 15.2. The third-order valence-electron chi connectivity index (χ3n) is 2.87. The molecule has 0 bridgehead atoms. The fourth-order valence-corrected chi connectivity index (χ4v) is 1.81. The number of rotatable bonds is 7. The van der Waals surface area contributed by atoms with Crippen LogP contribution in [0, 0.1) is 0 Å². The number of guanidine groups is 1. The molecule has 4 nitrogen and oxygen atoms in total. The second-order valence-corrected chi connectivity index (χ2v) is 4.40. The second-order valence-electron chi connectivity index (χ2n) is 4.40. The van der Waals surface area contributed by atoms with Gasteiger partial charge in [-0.3, -0.25) is 9.98 Å². The number of nitrogens with one attached hydrogen (secondary N) is 1. The van der Waals surface area contributed by atoms with Crippen LogP contribution in [0.1, 0.15) is 18.5 Å². The lowest BCUT2D eigenvalue weighted by atomic mass is 10.3. The SMILES string of the molecule is C=CCCCN(C)C(=NC)NCCc1ccccn1. The fraction of sp³-hybridized carbons (Fsp3) is 0.467. The molecule has 0 amide bonds. The minimum absolute atomic E-state index is 0.843. The predicted molar refractivity (Wildman–Crippen MR) is 81.4 cm³/mol. The molecule has 0 saturated carbocycles. The number of hydrogen-bond acceptors (Lipinski definition) is 2. The van der Waals surface area contributed by atoms with Crippen molar-refractivity contribution in [1.82, 2.24) is 15.2 Å². The van der Waals surface area contributed by atoms with E-state index in [2.05, 4.69) is 33.8 Å². The number of allylic oxidation sites excluding steroid dienone is 1. The molecule has 0 aliphatic heterocycles. The van der Waals surface area contributed by atoms with E-state index in [1.807, 2.05) is 37.5 Å². The van der Waals surface area contributed by atoms with E-state index in [1.165, 1.54) is 0 Å². The minimum Gasteiger partial charge on any atom is -0.356 e. The zero-order valence-corrected chi connectivity index (χ0v) is 12.0. The maximum atomic E-state index is 4.30. The minimum atomic E-state index is 0.843. The first-order chi connectivity index (χ1) is 9.27. The van der Waals surface area contributed by atoms with Crippen LogP contribution in [0.25, 0.3) is 0 Å². The molecule has 0 fully saturated rings. The summed E-state index contributed by atoms with van der Waals surface area (Å²) in [7, 11) is 3.87. The van der Waals surface area contributed by atoms with Crippen LogP contribution in [0.15, 0.2) is 42.0 Å². The number of aromatic nitrogens is 1. The molecule has 0 aliphatic rings. The van der Waals surface area contributed by atoms with E-state index >= 15 is 0 Å². The lowest BCUT2D eigenvalue weighted by Crippen LogP contribution is -2.40. The highest BCUT2D eigenvalue weighted by Crippen LogP contribution is 1.96. The third kappa shape index (κ3) is 6.04. The van der Waals surface area contributed by atoms with Crippen LogP contribution in [0.2, 0.25) is 0 Å². The molecule has 1 aromatic rings. The Morgan fingerprint density at radius 1 is 1.53 bits per heavy atom. The van der Waals surface area contributed by atoms with Gasteiger partial charge in [0.15, 0.2) is 5.96 Å². The smallest absolute Gasteiger partial charge is 0.193 e. The highest BCUT2D eigenvalue weighted by Gasteiger charge is 2.04. The van der Waals surface area contributed by atoms with Crippen molar-refractivity contribution in [1.29, 1.82) is 0 Å². The van der Waals surface area contributed by atoms with Gasteiger partial charge in [-0.2, -0.15) is 0 Å². The van der Waals surface area contributed by atoms with Crippen molar-refractivity contribution in [2.24, 2.45) is 4.99 Å². The van der Waals surface area contributed by atoms with E-state index in [9.17, 15) is 0 Å². The summed E-state index contributed by atoms with van der Waals surface area (Å²) in [5.74, 6) is 0.931. The summed E-state index contributed by atoms with van der Waals surface area (Å²) >= 11 is 0. The average molecular weight is 260 g/mol. The molecule has 0 spiro atoms. The van der Waals surface area contributed by atoms with E-state index in [-0.39, 0.29) is 0 Å². The summed E-state index contributed by atoms with van der Waals surface area (Å²) in [6.45, 7) is 5.56. The summed E-state index contributed by atoms with van der Waals surface area (Å²) < 4.78 is 0. The third-order valence-corrected chi connectivity index (χ3v) is 2.87. The van der Waals surface area contributed by atoms with Gasteiger partial charge in [-0.05, 0) is 25.0 Å². The molecule has 1 rings (SSSR count). The van der Waals surface area contributed by atoms with Gasteiger partial charge in [0.2, 0.25) is 0 Å². The van der Waals surface area contributed by atoms with Gasteiger partial charge in [0.25, 0.3) is 0 Å². The summed E-state index contributed by atoms with van der Waals surface area (Å²) in [5.41, 5.74) is 1.10. The zero-order valence-electron chi connectivity index (χ0n) is 12.0. The molecule has 1 N–H and O–H groups in total. The lowest BCUT2D eigenvalue weighted by molar-refractivity contribution is 0.470. The highest BCUT2D eigenvalue weighted by atomic mass is 15.3. The Balaban J connectivity index is 2.30. The Bertz CT molecular complexity index is 386. The summed E-state index contributed by atoms with van der Waals surface area (Å²) in [6, 6.07) is 5.99. The molecule has 0 aromatic carbocycles. The lowest BCUT2D eigenvalue weighted by Gasteiger charge is -2.21. The standard InChI is InChI=1S/C15H24N4/c1-4-5-8-13-19(3)15(16-2)18-12-10-14-9-6-7-11-17-14/h4,6-7,9,11H,1,5,8,10,12-13H2,2-3H3,(H,16,18). The molecular formula is C15H24N4. The van der Waals surface area contributed by atoms with Gasteiger partial charge in [-0.15, -0.1) is 6.58 Å². The fourth-order valence-electron chi connectivity index (χ4n) is 1.81. The van der Waals surface area contributed by atoms with Gasteiger partial charge in [0.05, 0.1) is 0 Å². The molecule has 1 heterocycles. The van der Waals surface area contributed by atoms with Gasteiger partial charge in [-0.1, -0.05) is 12.1 Å². The quantitative estimate of drug-likeness (QED) is 0.353. The summed E-state index contributed by atoms with van der Waals surface area (Å²) in [6.07, 6.45) is 6.81. The Kier molecular flexibility index (Phi) is 7.32. The molecule has 0 atom stereocenters. The first-order valence-electron chi connectivity index (χ1n) is 6.70. The van der Waals surface area contributed by atoms with E-state index in [1.54, 1.807) is 0 Å². The molecular weight excluding hydrogens is 236 g/mol. The Hall–Kier alpha value is -1.84. The number of unbranched alkanes of at least 4 members (excludes halogenated alkanes) is 1. The zero-order chi connectivity index (χ0) is 13.9. The number of pyridine rings is 1. The molecule has 0 unspecified atom stereocenters. The Labute approximate surface area is 116 Å².